The summed E-state index contributed by atoms with van der Waals surface area (Å²) in [7, 11) is 1.30. The van der Waals surface area contributed by atoms with Crippen molar-refractivity contribution in [3.63, 3.8) is 0 Å². The highest BCUT2D eigenvalue weighted by molar-refractivity contribution is 7.07. The average Bonchev–Trinajstić information content (AvgIpc) is 2.70. The Hall–Kier alpha value is -1.50. The molecule has 0 aliphatic rings. The molecule has 0 aliphatic carbocycles. The predicted octanol–water partition coefficient (Wildman–Crippen LogP) is 0.870. The summed E-state index contributed by atoms with van der Waals surface area (Å²) >= 11 is 1.03. The summed E-state index contributed by atoms with van der Waals surface area (Å²) in [5, 5.41) is 3.78. The van der Waals surface area contributed by atoms with Gasteiger partial charge in [-0.25, -0.2) is 0 Å². The molecule has 17 heavy (non-hydrogen) atoms. The summed E-state index contributed by atoms with van der Waals surface area (Å²) < 4.78 is 8.28. The van der Waals surface area contributed by atoms with Gasteiger partial charge < -0.3 is 9.64 Å². The van der Waals surface area contributed by atoms with Gasteiger partial charge in [0.05, 0.1) is 12.8 Å². The normalized spacial score (nSPS) is 10.4. The van der Waals surface area contributed by atoms with Crippen LogP contribution in [-0.4, -0.2) is 46.1 Å². The molecule has 0 N–H and O–H groups in total. The van der Waals surface area contributed by atoms with E-state index in [9.17, 15) is 9.59 Å². The molecule has 1 amide bonds. The highest BCUT2D eigenvalue weighted by atomic mass is 32.1. The molecule has 1 rings (SSSR count). The van der Waals surface area contributed by atoms with Crippen molar-refractivity contribution < 1.29 is 14.3 Å². The van der Waals surface area contributed by atoms with Crippen molar-refractivity contribution in [1.29, 1.82) is 0 Å². The third kappa shape index (κ3) is 3.23. The SMILES string of the molecule is COC(=O)CN(C(=O)c1snnc1C)C(C)C. The molecule has 0 saturated heterocycles. The molecule has 0 bridgehead atoms. The molecule has 0 spiro atoms. The lowest BCUT2D eigenvalue weighted by atomic mass is 10.2. The van der Waals surface area contributed by atoms with E-state index < -0.39 is 5.97 Å². The number of carbonyl (C=O) groups is 2. The van der Waals surface area contributed by atoms with Crippen LogP contribution in [0.2, 0.25) is 0 Å². The molecule has 1 heterocycles. The van der Waals surface area contributed by atoms with Crippen molar-refractivity contribution in [3.05, 3.63) is 10.6 Å². The Bertz CT molecular complexity index is 417. The van der Waals surface area contributed by atoms with Crippen LogP contribution in [0.4, 0.5) is 0 Å². The molecule has 0 radical (unpaired) electrons. The van der Waals surface area contributed by atoms with Gasteiger partial charge in [-0.2, -0.15) is 0 Å². The van der Waals surface area contributed by atoms with E-state index in [-0.39, 0.29) is 18.5 Å². The quantitative estimate of drug-likeness (QED) is 0.748. The summed E-state index contributed by atoms with van der Waals surface area (Å²) in [5.41, 5.74) is 0.579. The van der Waals surface area contributed by atoms with Gasteiger partial charge in [0.25, 0.3) is 5.91 Å². The molecule has 0 unspecified atom stereocenters. The Morgan fingerprint density at radius 2 is 2.12 bits per heavy atom. The van der Waals surface area contributed by atoms with Crippen molar-refractivity contribution in [3.8, 4) is 0 Å². The van der Waals surface area contributed by atoms with E-state index in [2.05, 4.69) is 14.3 Å². The second-order valence-corrected chi connectivity index (χ2v) is 4.54. The number of hydrogen-bond donors (Lipinski definition) is 0. The number of amides is 1. The third-order valence-electron chi connectivity index (χ3n) is 2.26. The third-order valence-corrected chi connectivity index (χ3v) is 3.07. The first-order chi connectivity index (χ1) is 7.97. The number of methoxy groups -OCH3 is 1. The lowest BCUT2D eigenvalue weighted by Crippen LogP contribution is -2.41. The maximum Gasteiger partial charge on any atom is 0.325 e. The van der Waals surface area contributed by atoms with Gasteiger partial charge in [0.1, 0.15) is 11.4 Å². The van der Waals surface area contributed by atoms with Gasteiger partial charge >= 0.3 is 5.97 Å². The van der Waals surface area contributed by atoms with Crippen molar-refractivity contribution in [2.24, 2.45) is 0 Å². The van der Waals surface area contributed by atoms with Gasteiger partial charge in [0.2, 0.25) is 0 Å². The number of nitrogens with zero attached hydrogens (tertiary/aromatic N) is 3. The summed E-state index contributed by atoms with van der Waals surface area (Å²) in [6.45, 7) is 5.33. The molecule has 0 aromatic carbocycles. The summed E-state index contributed by atoms with van der Waals surface area (Å²) in [4.78, 5) is 25.3. The second kappa shape index (κ2) is 5.72. The smallest absolute Gasteiger partial charge is 0.325 e. The lowest BCUT2D eigenvalue weighted by molar-refractivity contribution is -0.141. The topological polar surface area (TPSA) is 72.4 Å². The molecular weight excluding hydrogens is 242 g/mol. The minimum absolute atomic E-state index is 0.0651. The van der Waals surface area contributed by atoms with Crippen LogP contribution < -0.4 is 0 Å². The molecule has 0 saturated carbocycles. The number of ether oxygens (including phenoxy) is 1. The number of rotatable bonds is 4. The Balaban J connectivity index is 2.89. The van der Waals surface area contributed by atoms with Crippen molar-refractivity contribution in [2.45, 2.75) is 26.8 Å². The highest BCUT2D eigenvalue weighted by Crippen LogP contribution is 2.14. The van der Waals surface area contributed by atoms with Crippen LogP contribution in [0.3, 0.4) is 0 Å². The summed E-state index contributed by atoms with van der Waals surface area (Å²) in [6, 6.07) is -0.0944. The fourth-order valence-electron chi connectivity index (χ4n) is 1.25. The zero-order valence-corrected chi connectivity index (χ0v) is 11.1. The predicted molar refractivity (Wildman–Crippen MR) is 62.8 cm³/mol. The van der Waals surface area contributed by atoms with Gasteiger partial charge in [-0.05, 0) is 32.3 Å². The Kier molecular flexibility index (Phi) is 4.56. The molecule has 0 atom stereocenters. The van der Waals surface area contributed by atoms with Crippen molar-refractivity contribution in [1.82, 2.24) is 14.5 Å². The Morgan fingerprint density at radius 1 is 1.47 bits per heavy atom. The van der Waals surface area contributed by atoms with Gasteiger partial charge in [-0.1, -0.05) is 4.49 Å². The van der Waals surface area contributed by atoms with Crippen LogP contribution in [0.25, 0.3) is 0 Å². The number of esters is 1. The maximum absolute atomic E-state index is 12.2. The van der Waals surface area contributed by atoms with Crippen LogP contribution in [0.1, 0.15) is 29.2 Å². The molecule has 6 nitrogen and oxygen atoms in total. The van der Waals surface area contributed by atoms with E-state index in [0.29, 0.717) is 10.6 Å². The van der Waals surface area contributed by atoms with E-state index in [4.69, 9.17) is 0 Å². The van der Waals surface area contributed by atoms with Crippen LogP contribution in [0.15, 0.2) is 0 Å². The molecule has 0 fully saturated rings. The average molecular weight is 257 g/mol. The highest BCUT2D eigenvalue weighted by Gasteiger charge is 2.25. The zero-order valence-electron chi connectivity index (χ0n) is 10.3. The van der Waals surface area contributed by atoms with E-state index in [1.165, 1.54) is 12.0 Å². The minimum Gasteiger partial charge on any atom is -0.468 e. The molecule has 94 valence electrons. The first-order valence-electron chi connectivity index (χ1n) is 5.14. The van der Waals surface area contributed by atoms with E-state index in [1.54, 1.807) is 6.92 Å². The van der Waals surface area contributed by atoms with Gasteiger partial charge in [-0.15, -0.1) is 5.10 Å². The first-order valence-corrected chi connectivity index (χ1v) is 5.91. The fraction of sp³-hybridized carbons (Fsp3) is 0.600. The molecule has 7 heteroatoms. The minimum atomic E-state index is -0.442. The molecular formula is C10H15N3O3S. The van der Waals surface area contributed by atoms with E-state index >= 15 is 0 Å². The van der Waals surface area contributed by atoms with Gasteiger partial charge in [0, 0.05) is 6.04 Å². The molecule has 1 aromatic rings. The summed E-state index contributed by atoms with van der Waals surface area (Å²) in [5.74, 6) is -0.680. The van der Waals surface area contributed by atoms with E-state index in [0.717, 1.165) is 11.5 Å². The van der Waals surface area contributed by atoms with Crippen LogP contribution in [-0.2, 0) is 9.53 Å². The maximum atomic E-state index is 12.2. The van der Waals surface area contributed by atoms with Gasteiger partial charge in [0.15, 0.2) is 0 Å². The second-order valence-electron chi connectivity index (χ2n) is 3.79. The molecule has 1 aromatic heterocycles. The number of aromatic nitrogens is 2. The lowest BCUT2D eigenvalue weighted by Gasteiger charge is -2.24. The number of hydrogen-bond acceptors (Lipinski definition) is 6. The standard InChI is InChI=1S/C10H15N3O3S/c1-6(2)13(5-8(14)16-4)10(15)9-7(3)11-12-17-9/h6H,5H2,1-4H3. The van der Waals surface area contributed by atoms with Crippen LogP contribution in [0, 0.1) is 6.92 Å². The molecule has 0 aliphatic heterocycles. The number of carbonyl (C=O) groups excluding carboxylic acids is 2. The van der Waals surface area contributed by atoms with Crippen molar-refractivity contribution in [2.75, 3.05) is 13.7 Å². The van der Waals surface area contributed by atoms with E-state index in [1.807, 2.05) is 13.8 Å². The Labute approximate surface area is 104 Å². The summed E-state index contributed by atoms with van der Waals surface area (Å²) in [6.07, 6.45) is 0. The van der Waals surface area contributed by atoms with Gasteiger partial charge in [-0.3, -0.25) is 9.59 Å². The van der Waals surface area contributed by atoms with Crippen LogP contribution in [0.5, 0.6) is 0 Å². The van der Waals surface area contributed by atoms with Crippen molar-refractivity contribution >= 4 is 23.4 Å². The first kappa shape index (κ1) is 13.6. The largest absolute Gasteiger partial charge is 0.468 e. The zero-order chi connectivity index (χ0) is 13.0. The Morgan fingerprint density at radius 3 is 2.53 bits per heavy atom. The fourth-order valence-corrected chi connectivity index (χ4v) is 1.86. The monoisotopic (exact) mass is 257 g/mol. The van der Waals surface area contributed by atoms with Crippen LogP contribution >= 0.6 is 11.5 Å². The number of aryl methyl sites for hydroxylation is 1.